The van der Waals surface area contributed by atoms with Crippen LogP contribution in [-0.2, 0) is 0 Å². The highest BCUT2D eigenvalue weighted by atomic mass is 79.9. The number of nitrogens with zero attached hydrogens (tertiary/aromatic N) is 2. The summed E-state index contributed by atoms with van der Waals surface area (Å²) in [6.07, 6.45) is 8.73. The molecule has 0 bridgehead atoms. The van der Waals surface area contributed by atoms with Crippen LogP contribution in [-0.4, -0.2) is 38.5 Å². The maximum Gasteiger partial charge on any atom is 0.199 e. The summed E-state index contributed by atoms with van der Waals surface area (Å²) in [5, 5.41) is 0. The third-order valence-corrected chi connectivity index (χ3v) is 5.18. The summed E-state index contributed by atoms with van der Waals surface area (Å²) in [6.45, 7) is 0. The van der Waals surface area contributed by atoms with Gasteiger partial charge in [-0.2, -0.15) is 0 Å². The molecule has 132 valence electrons. The third-order valence-electron chi connectivity index (χ3n) is 4.49. The van der Waals surface area contributed by atoms with Crippen LogP contribution in [0.5, 0.6) is 0 Å². The zero-order chi connectivity index (χ0) is 18.7. The van der Waals surface area contributed by atoms with Crippen LogP contribution >= 0.6 is 15.9 Å². The number of hydrogen-bond donors (Lipinski definition) is 0. The SMILES string of the molecule is CN(C)c1ccc(C(=C2C=CC(=[N+](C)C)C=C2)c2ccccc2Br)cc1. The van der Waals surface area contributed by atoms with Gasteiger partial charge >= 0.3 is 0 Å². The van der Waals surface area contributed by atoms with Gasteiger partial charge in [-0.05, 0) is 52.6 Å². The fraction of sp³-hybridized carbons (Fsp3) is 0.174. The first-order valence-corrected chi connectivity index (χ1v) is 9.44. The highest BCUT2D eigenvalue weighted by Gasteiger charge is 2.15. The van der Waals surface area contributed by atoms with Crippen LogP contribution in [0.25, 0.3) is 5.57 Å². The van der Waals surface area contributed by atoms with E-state index in [0.29, 0.717) is 0 Å². The predicted octanol–water partition coefficient (Wildman–Crippen LogP) is 5.16. The summed E-state index contributed by atoms with van der Waals surface area (Å²) in [4.78, 5) is 2.12. The molecule has 0 unspecified atom stereocenters. The van der Waals surface area contributed by atoms with Crippen LogP contribution < -0.4 is 4.90 Å². The summed E-state index contributed by atoms with van der Waals surface area (Å²) in [7, 11) is 8.25. The summed E-state index contributed by atoms with van der Waals surface area (Å²) in [6, 6.07) is 17.1. The van der Waals surface area contributed by atoms with Gasteiger partial charge in [-0.25, -0.2) is 4.58 Å². The number of allylic oxidation sites excluding steroid dienone is 5. The van der Waals surface area contributed by atoms with E-state index in [-0.39, 0.29) is 0 Å². The van der Waals surface area contributed by atoms with E-state index in [0.717, 1.165) is 4.47 Å². The molecule has 0 heterocycles. The molecule has 3 heteroatoms. The maximum absolute atomic E-state index is 3.73. The van der Waals surface area contributed by atoms with Crippen molar-refractivity contribution in [3.05, 3.63) is 94.0 Å². The quantitative estimate of drug-likeness (QED) is 0.637. The van der Waals surface area contributed by atoms with E-state index in [2.05, 4.69) is 126 Å². The lowest BCUT2D eigenvalue weighted by Crippen LogP contribution is -2.10. The number of anilines is 1. The molecule has 0 atom stereocenters. The number of halogens is 1. The van der Waals surface area contributed by atoms with Crippen LogP contribution in [0.1, 0.15) is 11.1 Å². The van der Waals surface area contributed by atoms with Crippen molar-refractivity contribution in [3.63, 3.8) is 0 Å². The zero-order valence-electron chi connectivity index (χ0n) is 15.7. The van der Waals surface area contributed by atoms with E-state index in [4.69, 9.17) is 0 Å². The molecule has 0 aliphatic heterocycles. The van der Waals surface area contributed by atoms with Crippen molar-refractivity contribution < 1.29 is 4.58 Å². The van der Waals surface area contributed by atoms with Gasteiger partial charge in [-0.15, -0.1) is 0 Å². The van der Waals surface area contributed by atoms with Crippen molar-refractivity contribution in [3.8, 4) is 0 Å². The van der Waals surface area contributed by atoms with E-state index in [1.165, 1.54) is 33.7 Å². The van der Waals surface area contributed by atoms with Crippen LogP contribution in [0.15, 0.2) is 82.9 Å². The monoisotopic (exact) mass is 407 g/mol. The Bertz CT molecular complexity index is 907. The van der Waals surface area contributed by atoms with Gasteiger partial charge in [0.05, 0.1) is 0 Å². The fourth-order valence-corrected chi connectivity index (χ4v) is 3.48. The first-order chi connectivity index (χ1) is 12.5. The molecule has 0 fully saturated rings. The van der Waals surface area contributed by atoms with Gasteiger partial charge in [0, 0.05) is 36.4 Å². The first-order valence-electron chi connectivity index (χ1n) is 8.65. The van der Waals surface area contributed by atoms with Crippen molar-refractivity contribution in [1.82, 2.24) is 0 Å². The molecule has 0 saturated carbocycles. The number of benzene rings is 2. The molecular formula is C23H24BrN2+. The van der Waals surface area contributed by atoms with Crippen molar-refractivity contribution in [2.24, 2.45) is 0 Å². The molecular weight excluding hydrogens is 384 g/mol. The second-order valence-corrected chi connectivity index (χ2v) is 7.59. The lowest BCUT2D eigenvalue weighted by molar-refractivity contribution is -0.462. The van der Waals surface area contributed by atoms with E-state index >= 15 is 0 Å². The Balaban J connectivity index is 2.17. The molecule has 2 nitrogen and oxygen atoms in total. The minimum atomic E-state index is 1.10. The van der Waals surface area contributed by atoms with Gasteiger partial charge in [-0.3, -0.25) is 0 Å². The lowest BCUT2D eigenvalue weighted by Gasteiger charge is -2.17. The van der Waals surface area contributed by atoms with E-state index < -0.39 is 0 Å². The third kappa shape index (κ3) is 3.88. The summed E-state index contributed by atoms with van der Waals surface area (Å²) in [5.41, 5.74) is 7.24. The van der Waals surface area contributed by atoms with E-state index in [1.807, 2.05) is 0 Å². The second kappa shape index (κ2) is 7.88. The highest BCUT2D eigenvalue weighted by Crippen LogP contribution is 2.34. The smallest absolute Gasteiger partial charge is 0.199 e. The van der Waals surface area contributed by atoms with Crippen LogP contribution in [0.4, 0.5) is 5.69 Å². The fourth-order valence-electron chi connectivity index (χ4n) is 2.99. The van der Waals surface area contributed by atoms with Crippen molar-refractivity contribution in [1.29, 1.82) is 0 Å². The topological polar surface area (TPSA) is 6.25 Å². The van der Waals surface area contributed by atoms with Crippen LogP contribution in [0, 0.1) is 0 Å². The Morgan fingerprint density at radius 1 is 0.846 bits per heavy atom. The lowest BCUT2D eigenvalue weighted by atomic mass is 9.90. The van der Waals surface area contributed by atoms with Gasteiger partial charge < -0.3 is 4.90 Å². The van der Waals surface area contributed by atoms with Gasteiger partial charge in [0.25, 0.3) is 0 Å². The summed E-state index contributed by atoms with van der Waals surface area (Å²) < 4.78 is 3.22. The Morgan fingerprint density at radius 3 is 2.00 bits per heavy atom. The summed E-state index contributed by atoms with van der Waals surface area (Å²) in [5.74, 6) is 0. The largest absolute Gasteiger partial charge is 0.378 e. The highest BCUT2D eigenvalue weighted by molar-refractivity contribution is 9.10. The minimum absolute atomic E-state index is 1.10. The molecule has 3 rings (SSSR count). The number of hydrogen-bond acceptors (Lipinski definition) is 1. The second-order valence-electron chi connectivity index (χ2n) is 6.74. The molecule has 1 aliphatic rings. The molecule has 0 N–H and O–H groups in total. The molecule has 0 radical (unpaired) electrons. The van der Waals surface area contributed by atoms with Gasteiger partial charge in [0.2, 0.25) is 0 Å². The summed E-state index contributed by atoms with van der Waals surface area (Å²) >= 11 is 3.73. The van der Waals surface area contributed by atoms with Gasteiger partial charge in [-0.1, -0.05) is 46.3 Å². The van der Waals surface area contributed by atoms with Crippen molar-refractivity contribution in [2.75, 3.05) is 33.1 Å². The Morgan fingerprint density at radius 2 is 1.46 bits per heavy atom. The van der Waals surface area contributed by atoms with Crippen LogP contribution in [0.3, 0.4) is 0 Å². The van der Waals surface area contributed by atoms with Gasteiger partial charge in [0.15, 0.2) is 5.71 Å². The molecule has 1 aliphatic carbocycles. The van der Waals surface area contributed by atoms with E-state index in [9.17, 15) is 0 Å². The van der Waals surface area contributed by atoms with Crippen molar-refractivity contribution in [2.45, 2.75) is 0 Å². The Kier molecular flexibility index (Phi) is 5.58. The first kappa shape index (κ1) is 18.4. The van der Waals surface area contributed by atoms with E-state index in [1.54, 1.807) is 0 Å². The molecule has 0 amide bonds. The Hall–Kier alpha value is -2.39. The molecule has 0 saturated heterocycles. The predicted molar refractivity (Wildman–Crippen MR) is 116 cm³/mol. The molecule has 2 aromatic carbocycles. The minimum Gasteiger partial charge on any atom is -0.378 e. The van der Waals surface area contributed by atoms with Crippen molar-refractivity contribution >= 4 is 32.9 Å². The number of rotatable bonds is 3. The van der Waals surface area contributed by atoms with Gasteiger partial charge in [0.1, 0.15) is 14.1 Å². The Labute approximate surface area is 164 Å². The normalized spacial score (nSPS) is 13.1. The maximum atomic E-state index is 3.73. The molecule has 0 spiro atoms. The average Bonchev–Trinajstić information content (AvgIpc) is 2.64. The standard InChI is InChI=1S/C23H24BrN2/c1-25(2)19-13-9-17(10-14-19)23(21-7-5-6-8-22(21)24)18-11-15-20(16-12-18)26(3)4/h5-16H,1-4H3/q+1. The molecule has 26 heavy (non-hydrogen) atoms. The average molecular weight is 408 g/mol. The zero-order valence-corrected chi connectivity index (χ0v) is 17.3. The molecule has 0 aromatic heterocycles. The van der Waals surface area contributed by atoms with Crippen LogP contribution in [0.2, 0.25) is 0 Å². The molecule has 2 aromatic rings.